The second-order valence-electron chi connectivity index (χ2n) is 6.15. The first kappa shape index (κ1) is 16.6. The molecule has 1 aromatic heterocycles. The van der Waals surface area contributed by atoms with Crippen molar-refractivity contribution in [3.63, 3.8) is 0 Å². The topological polar surface area (TPSA) is 79.2 Å². The third-order valence-corrected chi connectivity index (χ3v) is 4.37. The first-order chi connectivity index (χ1) is 11.5. The Morgan fingerprint density at radius 3 is 2.79 bits per heavy atom. The fourth-order valence-corrected chi connectivity index (χ4v) is 3.00. The van der Waals surface area contributed by atoms with Gasteiger partial charge in [-0.15, -0.1) is 0 Å². The number of nitrogens with one attached hydrogen (secondary N) is 2. The highest BCUT2D eigenvalue weighted by Crippen LogP contribution is 2.21. The number of amides is 1. The molecule has 3 rings (SSSR count). The standard InChI is InChI=1S/C17H21FN4O2/c1-10(21-17(24)16-7-14(23)8-19-16)15-9-20-22(11(15)2)13-5-3-12(18)4-6-13/h3-6,9-10,14,16,19,23H,7-8H2,1-2H3,(H,21,24). The number of hydrogen-bond donors (Lipinski definition) is 3. The summed E-state index contributed by atoms with van der Waals surface area (Å²) in [6.07, 6.45) is 1.66. The van der Waals surface area contributed by atoms with Gasteiger partial charge in [-0.05, 0) is 44.5 Å². The lowest BCUT2D eigenvalue weighted by molar-refractivity contribution is -0.123. The molecular formula is C17H21FN4O2. The minimum absolute atomic E-state index is 0.131. The number of carbonyl (C=O) groups is 1. The SMILES string of the molecule is Cc1c(C(C)NC(=O)C2CC(O)CN2)cnn1-c1ccc(F)cc1. The van der Waals surface area contributed by atoms with Crippen LogP contribution in [-0.4, -0.2) is 39.5 Å². The first-order valence-corrected chi connectivity index (χ1v) is 7.98. The van der Waals surface area contributed by atoms with E-state index in [4.69, 9.17) is 0 Å². The van der Waals surface area contributed by atoms with Crippen LogP contribution in [-0.2, 0) is 4.79 Å². The number of β-amino-alcohol motifs (C(OH)–C–C–N with tert-alkyl or cyclic N) is 1. The highest BCUT2D eigenvalue weighted by atomic mass is 19.1. The van der Waals surface area contributed by atoms with Gasteiger partial charge < -0.3 is 15.7 Å². The molecule has 0 spiro atoms. The number of aliphatic hydroxyl groups is 1. The van der Waals surface area contributed by atoms with Crippen LogP contribution in [0.25, 0.3) is 5.69 Å². The van der Waals surface area contributed by atoms with Crippen LogP contribution in [0.5, 0.6) is 0 Å². The van der Waals surface area contributed by atoms with E-state index in [1.807, 2.05) is 13.8 Å². The van der Waals surface area contributed by atoms with Gasteiger partial charge in [-0.2, -0.15) is 5.10 Å². The highest BCUT2D eigenvalue weighted by Gasteiger charge is 2.29. The van der Waals surface area contributed by atoms with Crippen molar-refractivity contribution >= 4 is 5.91 Å². The van der Waals surface area contributed by atoms with Crippen molar-refractivity contribution < 1.29 is 14.3 Å². The summed E-state index contributed by atoms with van der Waals surface area (Å²) in [4.78, 5) is 12.2. The summed E-state index contributed by atoms with van der Waals surface area (Å²) >= 11 is 0. The summed E-state index contributed by atoms with van der Waals surface area (Å²) in [6, 6.07) is 5.51. The summed E-state index contributed by atoms with van der Waals surface area (Å²) in [5.74, 6) is -0.427. The number of benzene rings is 1. The molecule has 3 unspecified atom stereocenters. The number of carbonyl (C=O) groups excluding carboxylic acids is 1. The average Bonchev–Trinajstić information content (AvgIpc) is 3.14. The highest BCUT2D eigenvalue weighted by molar-refractivity contribution is 5.82. The van der Waals surface area contributed by atoms with E-state index in [-0.39, 0.29) is 23.8 Å². The Hall–Kier alpha value is -2.25. The number of aliphatic hydroxyl groups excluding tert-OH is 1. The molecule has 1 aliphatic heterocycles. The molecule has 1 amide bonds. The van der Waals surface area contributed by atoms with E-state index in [9.17, 15) is 14.3 Å². The second-order valence-corrected chi connectivity index (χ2v) is 6.15. The van der Waals surface area contributed by atoms with Crippen molar-refractivity contribution in [2.75, 3.05) is 6.54 Å². The Morgan fingerprint density at radius 1 is 1.46 bits per heavy atom. The molecule has 0 radical (unpaired) electrons. The molecule has 128 valence electrons. The van der Waals surface area contributed by atoms with Crippen LogP contribution in [0.4, 0.5) is 4.39 Å². The van der Waals surface area contributed by atoms with Crippen LogP contribution in [0.15, 0.2) is 30.5 Å². The molecule has 24 heavy (non-hydrogen) atoms. The van der Waals surface area contributed by atoms with E-state index in [2.05, 4.69) is 15.7 Å². The van der Waals surface area contributed by atoms with Crippen LogP contribution < -0.4 is 10.6 Å². The Morgan fingerprint density at radius 2 is 2.17 bits per heavy atom. The molecule has 3 atom stereocenters. The minimum Gasteiger partial charge on any atom is -0.392 e. The number of halogens is 1. The molecule has 1 fully saturated rings. The van der Waals surface area contributed by atoms with Crippen molar-refractivity contribution in [1.82, 2.24) is 20.4 Å². The van der Waals surface area contributed by atoms with Crippen LogP contribution in [0.2, 0.25) is 0 Å². The number of hydrogen-bond acceptors (Lipinski definition) is 4. The predicted molar refractivity (Wildman–Crippen MR) is 87.2 cm³/mol. The summed E-state index contributed by atoms with van der Waals surface area (Å²) in [5, 5.41) is 19.8. The van der Waals surface area contributed by atoms with E-state index in [0.29, 0.717) is 13.0 Å². The smallest absolute Gasteiger partial charge is 0.237 e. The monoisotopic (exact) mass is 332 g/mol. The molecule has 0 bridgehead atoms. The minimum atomic E-state index is -0.473. The third kappa shape index (κ3) is 3.32. The van der Waals surface area contributed by atoms with Crippen LogP contribution in [0.1, 0.15) is 30.6 Å². The molecule has 2 heterocycles. The van der Waals surface area contributed by atoms with E-state index in [1.54, 1.807) is 23.0 Å². The molecule has 0 saturated carbocycles. The largest absolute Gasteiger partial charge is 0.392 e. The summed E-state index contributed by atoms with van der Waals surface area (Å²) in [5.41, 5.74) is 2.54. The van der Waals surface area contributed by atoms with Crippen molar-refractivity contribution in [2.24, 2.45) is 0 Å². The average molecular weight is 332 g/mol. The van der Waals surface area contributed by atoms with E-state index < -0.39 is 6.10 Å². The van der Waals surface area contributed by atoms with E-state index in [0.717, 1.165) is 16.9 Å². The maximum atomic E-state index is 13.1. The normalized spacial score (nSPS) is 21.7. The number of rotatable bonds is 4. The molecule has 2 aromatic rings. The van der Waals surface area contributed by atoms with Crippen LogP contribution in [0, 0.1) is 12.7 Å². The first-order valence-electron chi connectivity index (χ1n) is 7.98. The molecule has 1 aliphatic rings. The van der Waals surface area contributed by atoms with Crippen molar-refractivity contribution in [2.45, 2.75) is 38.5 Å². The van der Waals surface area contributed by atoms with Gasteiger partial charge in [0.25, 0.3) is 0 Å². The predicted octanol–water partition coefficient (Wildman–Crippen LogP) is 1.22. The maximum Gasteiger partial charge on any atom is 0.237 e. The lowest BCUT2D eigenvalue weighted by Crippen LogP contribution is -2.41. The maximum absolute atomic E-state index is 13.1. The van der Waals surface area contributed by atoms with Gasteiger partial charge in [0.05, 0.1) is 30.1 Å². The Balaban J connectivity index is 1.73. The lowest BCUT2D eigenvalue weighted by atomic mass is 10.1. The lowest BCUT2D eigenvalue weighted by Gasteiger charge is -2.17. The molecule has 3 N–H and O–H groups in total. The molecule has 7 heteroatoms. The second kappa shape index (κ2) is 6.70. The van der Waals surface area contributed by atoms with Gasteiger partial charge >= 0.3 is 0 Å². The molecule has 6 nitrogen and oxygen atoms in total. The fourth-order valence-electron chi connectivity index (χ4n) is 3.00. The van der Waals surface area contributed by atoms with Gasteiger partial charge in [-0.1, -0.05) is 0 Å². The van der Waals surface area contributed by atoms with Gasteiger partial charge in [0.1, 0.15) is 5.82 Å². The zero-order valence-corrected chi connectivity index (χ0v) is 13.7. The van der Waals surface area contributed by atoms with Crippen molar-refractivity contribution in [1.29, 1.82) is 0 Å². The van der Waals surface area contributed by atoms with Gasteiger partial charge in [-0.25, -0.2) is 9.07 Å². The quantitative estimate of drug-likeness (QED) is 0.787. The molecule has 0 aliphatic carbocycles. The third-order valence-electron chi connectivity index (χ3n) is 4.37. The zero-order valence-electron chi connectivity index (χ0n) is 13.7. The van der Waals surface area contributed by atoms with E-state index in [1.165, 1.54) is 12.1 Å². The number of nitrogens with zero attached hydrogens (tertiary/aromatic N) is 2. The Kier molecular flexibility index (Phi) is 4.64. The molecular weight excluding hydrogens is 311 g/mol. The summed E-state index contributed by atoms with van der Waals surface area (Å²) in [7, 11) is 0. The van der Waals surface area contributed by atoms with Gasteiger partial charge in [0.15, 0.2) is 0 Å². The van der Waals surface area contributed by atoms with Gasteiger partial charge in [0.2, 0.25) is 5.91 Å². The van der Waals surface area contributed by atoms with E-state index >= 15 is 0 Å². The van der Waals surface area contributed by atoms with Crippen LogP contribution >= 0.6 is 0 Å². The fraction of sp³-hybridized carbons (Fsp3) is 0.412. The Bertz CT molecular complexity index is 729. The van der Waals surface area contributed by atoms with Crippen molar-refractivity contribution in [3.8, 4) is 5.69 Å². The van der Waals surface area contributed by atoms with Crippen molar-refractivity contribution in [3.05, 3.63) is 47.5 Å². The summed E-state index contributed by atoms with van der Waals surface area (Å²) in [6.45, 7) is 4.24. The molecule has 1 aromatic carbocycles. The van der Waals surface area contributed by atoms with Crippen LogP contribution in [0.3, 0.4) is 0 Å². The van der Waals surface area contributed by atoms with Gasteiger partial charge in [-0.3, -0.25) is 4.79 Å². The molecule has 1 saturated heterocycles. The zero-order chi connectivity index (χ0) is 17.3. The Labute approximate surface area is 139 Å². The van der Waals surface area contributed by atoms with Gasteiger partial charge in [0, 0.05) is 17.8 Å². The number of aromatic nitrogens is 2. The summed E-state index contributed by atoms with van der Waals surface area (Å²) < 4.78 is 14.8.